The minimum atomic E-state index is 0.335. The Balaban J connectivity index is 1.74. The van der Waals surface area contributed by atoms with Crippen LogP contribution in [-0.2, 0) is 4.74 Å². The number of rotatable bonds is 2. The Hall–Kier alpha value is -0.120. The van der Waals surface area contributed by atoms with E-state index in [0.29, 0.717) is 11.6 Å². The topological polar surface area (TPSA) is 19.0 Å². The molecule has 0 aromatic carbocycles. The molecular weight excluding hydrogens is 176 g/mol. The van der Waals surface area contributed by atoms with Crippen molar-refractivity contribution < 1.29 is 4.74 Å². The molecule has 3 nitrogen and oxygen atoms in total. The van der Waals surface area contributed by atoms with Gasteiger partial charge in [0.25, 0.3) is 0 Å². The molecule has 2 heterocycles. The van der Waals surface area contributed by atoms with Gasteiger partial charge in [0.1, 0.15) is 0 Å². The zero-order valence-corrected chi connectivity index (χ0v) is 9.62. The third-order valence-electron chi connectivity index (χ3n) is 3.19. The van der Waals surface area contributed by atoms with Crippen LogP contribution in [0.15, 0.2) is 0 Å². The molecule has 2 aliphatic heterocycles. The van der Waals surface area contributed by atoms with Crippen LogP contribution in [0, 0.1) is 0 Å². The Labute approximate surface area is 87.0 Å². The Morgan fingerprint density at radius 3 is 2.14 bits per heavy atom. The van der Waals surface area contributed by atoms with E-state index in [1.165, 1.54) is 26.2 Å². The first-order chi connectivity index (χ1) is 6.55. The quantitative estimate of drug-likeness (QED) is 0.612. The van der Waals surface area contributed by atoms with Gasteiger partial charge < -0.3 is 4.74 Å². The van der Waals surface area contributed by atoms with Crippen molar-refractivity contribution >= 4 is 0 Å². The van der Waals surface area contributed by atoms with Crippen molar-refractivity contribution in [1.29, 1.82) is 0 Å². The molecule has 0 saturated carbocycles. The second-order valence-electron chi connectivity index (χ2n) is 5.41. The highest BCUT2D eigenvalue weighted by atomic mass is 16.6. The van der Waals surface area contributed by atoms with Gasteiger partial charge in [0.15, 0.2) is 0 Å². The maximum absolute atomic E-state index is 5.25. The lowest BCUT2D eigenvalue weighted by atomic mass is 10.0. The zero-order chi connectivity index (χ0) is 10.2. The van der Waals surface area contributed by atoms with E-state index in [1.807, 2.05) is 0 Å². The number of hydrogen-bond acceptors (Lipinski definition) is 3. The number of nitrogens with zero attached hydrogens (tertiary/aromatic N) is 2. The number of piperazine rings is 1. The highest BCUT2D eigenvalue weighted by Crippen LogP contribution is 2.17. The van der Waals surface area contributed by atoms with Crippen LogP contribution >= 0.6 is 0 Å². The summed E-state index contributed by atoms with van der Waals surface area (Å²) in [6, 6.07) is 0. The molecule has 0 aliphatic carbocycles. The summed E-state index contributed by atoms with van der Waals surface area (Å²) in [4.78, 5) is 5.09. The second kappa shape index (κ2) is 3.80. The molecule has 0 radical (unpaired) electrons. The summed E-state index contributed by atoms with van der Waals surface area (Å²) in [5.41, 5.74) is 0.335. The monoisotopic (exact) mass is 198 g/mol. The maximum Gasteiger partial charge on any atom is 0.0936 e. The SMILES string of the molecule is CC(C)(C)N1CCN(CC2CO2)CC1. The minimum Gasteiger partial charge on any atom is -0.372 e. The molecule has 3 heteroatoms. The van der Waals surface area contributed by atoms with Crippen molar-refractivity contribution in [1.82, 2.24) is 9.80 Å². The summed E-state index contributed by atoms with van der Waals surface area (Å²) < 4.78 is 5.25. The zero-order valence-electron chi connectivity index (χ0n) is 9.62. The Bertz CT molecular complexity index is 188. The van der Waals surface area contributed by atoms with E-state index in [-0.39, 0.29) is 0 Å². The molecule has 0 N–H and O–H groups in total. The average Bonchev–Trinajstić information content (AvgIpc) is 2.88. The molecule has 82 valence electrons. The Morgan fingerprint density at radius 2 is 1.71 bits per heavy atom. The molecule has 0 spiro atoms. The van der Waals surface area contributed by atoms with E-state index in [9.17, 15) is 0 Å². The molecule has 0 aromatic rings. The van der Waals surface area contributed by atoms with E-state index >= 15 is 0 Å². The Morgan fingerprint density at radius 1 is 1.14 bits per heavy atom. The van der Waals surface area contributed by atoms with Gasteiger partial charge in [-0.1, -0.05) is 0 Å². The number of hydrogen-bond donors (Lipinski definition) is 0. The van der Waals surface area contributed by atoms with Crippen molar-refractivity contribution in [3.05, 3.63) is 0 Å². The van der Waals surface area contributed by atoms with E-state index in [0.717, 1.165) is 13.2 Å². The molecule has 1 unspecified atom stereocenters. The average molecular weight is 198 g/mol. The van der Waals surface area contributed by atoms with Gasteiger partial charge in [-0.3, -0.25) is 9.80 Å². The first kappa shape index (κ1) is 10.4. The van der Waals surface area contributed by atoms with Crippen LogP contribution in [0.2, 0.25) is 0 Å². The van der Waals surface area contributed by atoms with Gasteiger partial charge in [0, 0.05) is 38.3 Å². The lowest BCUT2D eigenvalue weighted by molar-refractivity contribution is 0.0594. The van der Waals surface area contributed by atoms with Crippen molar-refractivity contribution in [2.75, 3.05) is 39.3 Å². The van der Waals surface area contributed by atoms with Crippen molar-refractivity contribution in [2.24, 2.45) is 0 Å². The second-order valence-corrected chi connectivity index (χ2v) is 5.41. The summed E-state index contributed by atoms with van der Waals surface area (Å²) in [5, 5.41) is 0. The van der Waals surface area contributed by atoms with Crippen LogP contribution < -0.4 is 0 Å². The molecule has 0 bridgehead atoms. The van der Waals surface area contributed by atoms with Gasteiger partial charge in [-0.05, 0) is 20.8 Å². The highest BCUT2D eigenvalue weighted by molar-refractivity contribution is 4.84. The predicted molar refractivity (Wildman–Crippen MR) is 57.5 cm³/mol. The van der Waals surface area contributed by atoms with E-state index < -0.39 is 0 Å². The molecule has 2 saturated heterocycles. The fourth-order valence-electron chi connectivity index (χ4n) is 2.06. The minimum absolute atomic E-state index is 0.335. The first-order valence-electron chi connectivity index (χ1n) is 5.65. The molecule has 1 atom stereocenters. The molecule has 14 heavy (non-hydrogen) atoms. The molecule has 0 amide bonds. The Kier molecular flexibility index (Phi) is 2.82. The molecule has 0 aromatic heterocycles. The van der Waals surface area contributed by atoms with Crippen LogP contribution in [-0.4, -0.2) is 60.8 Å². The van der Waals surface area contributed by atoms with E-state index in [2.05, 4.69) is 30.6 Å². The van der Waals surface area contributed by atoms with Crippen LogP contribution in [0.3, 0.4) is 0 Å². The summed E-state index contributed by atoms with van der Waals surface area (Å²) in [7, 11) is 0. The van der Waals surface area contributed by atoms with E-state index in [1.54, 1.807) is 0 Å². The first-order valence-corrected chi connectivity index (χ1v) is 5.65. The van der Waals surface area contributed by atoms with Crippen LogP contribution in [0.25, 0.3) is 0 Å². The van der Waals surface area contributed by atoms with Crippen molar-refractivity contribution in [3.63, 3.8) is 0 Å². The molecule has 2 fully saturated rings. The van der Waals surface area contributed by atoms with Crippen LogP contribution in [0.4, 0.5) is 0 Å². The highest BCUT2D eigenvalue weighted by Gasteiger charge is 2.30. The van der Waals surface area contributed by atoms with Gasteiger partial charge in [-0.2, -0.15) is 0 Å². The van der Waals surface area contributed by atoms with Gasteiger partial charge >= 0.3 is 0 Å². The smallest absolute Gasteiger partial charge is 0.0936 e. The lowest BCUT2D eigenvalue weighted by Gasteiger charge is -2.42. The maximum atomic E-state index is 5.25. The summed E-state index contributed by atoms with van der Waals surface area (Å²) >= 11 is 0. The summed E-state index contributed by atoms with van der Waals surface area (Å²) in [6.45, 7) is 13.9. The van der Waals surface area contributed by atoms with Gasteiger partial charge in [-0.15, -0.1) is 0 Å². The third-order valence-corrected chi connectivity index (χ3v) is 3.19. The fraction of sp³-hybridized carbons (Fsp3) is 1.00. The van der Waals surface area contributed by atoms with Gasteiger partial charge in [0.2, 0.25) is 0 Å². The number of ether oxygens (including phenoxy) is 1. The number of epoxide rings is 1. The standard InChI is InChI=1S/C11H22N2O/c1-11(2,3)13-6-4-12(5-7-13)8-10-9-14-10/h10H,4-9H2,1-3H3. The summed E-state index contributed by atoms with van der Waals surface area (Å²) in [5.74, 6) is 0. The van der Waals surface area contributed by atoms with Crippen molar-refractivity contribution in [2.45, 2.75) is 32.4 Å². The van der Waals surface area contributed by atoms with Crippen LogP contribution in [0.1, 0.15) is 20.8 Å². The molecule has 2 rings (SSSR count). The third kappa shape index (κ3) is 2.69. The largest absolute Gasteiger partial charge is 0.372 e. The van der Waals surface area contributed by atoms with E-state index in [4.69, 9.17) is 4.74 Å². The van der Waals surface area contributed by atoms with Crippen molar-refractivity contribution in [3.8, 4) is 0 Å². The normalized spacial score (nSPS) is 30.6. The predicted octanol–water partition coefficient (Wildman–Crippen LogP) is 0.801. The lowest BCUT2D eigenvalue weighted by Crippen LogP contribution is -2.53. The molecular formula is C11H22N2O. The fourth-order valence-corrected chi connectivity index (χ4v) is 2.06. The molecule has 2 aliphatic rings. The van der Waals surface area contributed by atoms with Gasteiger partial charge in [0.05, 0.1) is 12.7 Å². The van der Waals surface area contributed by atoms with Gasteiger partial charge in [-0.25, -0.2) is 0 Å². The van der Waals surface area contributed by atoms with Crippen LogP contribution in [0.5, 0.6) is 0 Å². The summed E-state index contributed by atoms with van der Waals surface area (Å²) in [6.07, 6.45) is 0.552.